The van der Waals surface area contributed by atoms with Gasteiger partial charge in [0.25, 0.3) is 0 Å². The van der Waals surface area contributed by atoms with E-state index in [2.05, 4.69) is 62.5 Å². The van der Waals surface area contributed by atoms with Crippen molar-refractivity contribution in [2.75, 3.05) is 19.8 Å². The Morgan fingerprint density at radius 3 is 1.45 bits per heavy atom. The second-order valence-electron chi connectivity index (χ2n) is 16.9. The van der Waals surface area contributed by atoms with Crippen LogP contribution in [-0.4, -0.2) is 98.9 Å². The summed E-state index contributed by atoms with van der Waals surface area (Å²) in [6.07, 6.45) is 36.0. The van der Waals surface area contributed by atoms with Gasteiger partial charge in [-0.2, -0.15) is 0 Å². The highest BCUT2D eigenvalue weighted by Crippen LogP contribution is 2.47. The topological polar surface area (TPSA) is 192 Å². The Morgan fingerprint density at radius 1 is 0.532 bits per heavy atom. The van der Waals surface area contributed by atoms with Gasteiger partial charge in [-0.25, -0.2) is 4.57 Å². The average Bonchev–Trinajstić information content (AvgIpc) is 3.26. The lowest BCUT2D eigenvalue weighted by molar-refractivity contribution is -0.220. The van der Waals surface area contributed by atoms with Crippen molar-refractivity contribution in [2.24, 2.45) is 0 Å². The number of hydrogen-bond acceptors (Lipinski definition) is 11. The maximum absolute atomic E-state index is 12.8. The molecule has 1 aliphatic carbocycles. The highest BCUT2D eigenvalue weighted by Gasteiger charge is 2.51. The molecule has 62 heavy (non-hydrogen) atoms. The largest absolute Gasteiger partial charge is 0.472 e. The first kappa shape index (κ1) is 58.3. The fraction of sp³-hybridized carbons (Fsp3) is 0.816. The summed E-state index contributed by atoms with van der Waals surface area (Å²) < 4.78 is 34.2. The van der Waals surface area contributed by atoms with Gasteiger partial charge in [0.15, 0.2) is 0 Å². The third-order valence-corrected chi connectivity index (χ3v) is 12.2. The number of unbranched alkanes of at least 4 members (excludes halogenated alkanes) is 21. The van der Waals surface area contributed by atoms with Crippen LogP contribution in [0.2, 0.25) is 0 Å². The first-order chi connectivity index (χ1) is 30.0. The highest BCUT2D eigenvalue weighted by molar-refractivity contribution is 7.47. The van der Waals surface area contributed by atoms with Crippen molar-refractivity contribution in [1.29, 1.82) is 0 Å². The minimum absolute atomic E-state index is 0.0855. The van der Waals surface area contributed by atoms with Crippen LogP contribution >= 0.6 is 7.82 Å². The summed E-state index contributed by atoms with van der Waals surface area (Å²) in [7, 11) is -5.03. The van der Waals surface area contributed by atoms with Crippen LogP contribution in [0.4, 0.5) is 0 Å². The Bertz CT molecular complexity index is 1210. The molecule has 1 aliphatic rings. The molecular formula is C49H89O12P. The van der Waals surface area contributed by atoms with Crippen LogP contribution in [0.5, 0.6) is 0 Å². The molecule has 362 valence electrons. The summed E-state index contributed by atoms with van der Waals surface area (Å²) in [5.74, 6) is -0.499. The van der Waals surface area contributed by atoms with E-state index in [1.807, 2.05) is 0 Å². The van der Waals surface area contributed by atoms with Crippen molar-refractivity contribution in [3.63, 3.8) is 0 Å². The van der Waals surface area contributed by atoms with Crippen molar-refractivity contribution in [1.82, 2.24) is 0 Å². The molecule has 1 saturated carbocycles. The van der Waals surface area contributed by atoms with E-state index < -0.39 is 63.1 Å². The zero-order chi connectivity index (χ0) is 45.5. The van der Waals surface area contributed by atoms with Gasteiger partial charge in [0.1, 0.15) is 42.7 Å². The summed E-state index contributed by atoms with van der Waals surface area (Å²) in [5.41, 5.74) is 0. The van der Waals surface area contributed by atoms with Crippen LogP contribution in [0, 0.1) is 0 Å². The molecule has 0 aromatic carbocycles. The number of esters is 1. The molecule has 0 radical (unpaired) electrons. The zero-order valence-corrected chi connectivity index (χ0v) is 39.6. The van der Waals surface area contributed by atoms with E-state index in [0.717, 1.165) is 70.6 Å². The van der Waals surface area contributed by atoms with Gasteiger partial charge in [-0.05, 0) is 51.4 Å². The zero-order valence-electron chi connectivity index (χ0n) is 38.7. The highest BCUT2D eigenvalue weighted by atomic mass is 31.2. The van der Waals surface area contributed by atoms with Gasteiger partial charge in [-0.15, -0.1) is 0 Å². The lowest BCUT2D eigenvalue weighted by Gasteiger charge is -2.41. The number of ether oxygens (including phenoxy) is 2. The molecule has 6 unspecified atom stereocenters. The number of rotatable bonds is 41. The van der Waals surface area contributed by atoms with Crippen molar-refractivity contribution < 1.29 is 58.3 Å². The smallest absolute Gasteiger partial charge is 0.457 e. The average molecular weight is 901 g/mol. The van der Waals surface area contributed by atoms with Gasteiger partial charge in [0.05, 0.1) is 13.2 Å². The molecule has 0 aromatic rings. The maximum atomic E-state index is 12.8. The molecule has 1 rings (SSSR count). The van der Waals surface area contributed by atoms with E-state index in [4.69, 9.17) is 18.5 Å². The molecule has 0 bridgehead atoms. The summed E-state index contributed by atoms with van der Waals surface area (Å²) in [6, 6.07) is 0. The fourth-order valence-electron chi connectivity index (χ4n) is 7.35. The molecule has 12 nitrogen and oxygen atoms in total. The van der Waals surface area contributed by atoms with Gasteiger partial charge in [0.2, 0.25) is 0 Å². The first-order valence-electron chi connectivity index (χ1n) is 24.5. The Kier molecular flexibility index (Phi) is 37.3. The number of hydrogen-bond donors (Lipinski definition) is 6. The number of carbonyl (C=O) groups is 1. The van der Waals surface area contributed by atoms with Crippen LogP contribution in [0.3, 0.4) is 0 Å². The number of aliphatic hydroxyl groups excluding tert-OH is 5. The lowest BCUT2D eigenvalue weighted by Crippen LogP contribution is -2.64. The van der Waals surface area contributed by atoms with Gasteiger partial charge in [-0.3, -0.25) is 13.8 Å². The fourth-order valence-corrected chi connectivity index (χ4v) is 8.32. The summed E-state index contributed by atoms with van der Waals surface area (Å²) in [6.45, 7) is 4.14. The number of phosphoric acid groups is 1. The summed E-state index contributed by atoms with van der Waals surface area (Å²) >= 11 is 0. The van der Waals surface area contributed by atoms with Crippen molar-refractivity contribution >= 4 is 13.8 Å². The van der Waals surface area contributed by atoms with Crippen LogP contribution in [-0.2, 0) is 27.9 Å². The van der Waals surface area contributed by atoms with Crippen molar-refractivity contribution in [2.45, 2.75) is 236 Å². The standard InChI is InChI=1S/C49H89O12P/c1-3-5-7-9-11-13-15-17-19-21-23-25-27-29-31-33-35-37-39-58-40-42(41-59-62(56,57)61-49-47(54)45(52)44(51)46(53)48(49)55)60-43(50)38-36-34-32-30-28-26-24-22-20-18-16-14-12-10-8-6-4-2/h6,8,12,14,18,20,24,26,42,44-49,51-55H,3-5,7,9-11,13,15-17,19,21-23,25,27-41H2,1-2H3,(H,56,57)/b8-6-,14-12-,20-18-,26-24-. The van der Waals surface area contributed by atoms with Crippen molar-refractivity contribution in [3.8, 4) is 0 Å². The normalized spacial score (nSPS) is 22.4. The van der Waals surface area contributed by atoms with Crippen LogP contribution in [0.1, 0.15) is 194 Å². The van der Waals surface area contributed by atoms with E-state index >= 15 is 0 Å². The lowest BCUT2D eigenvalue weighted by atomic mass is 9.85. The minimum atomic E-state index is -5.03. The summed E-state index contributed by atoms with van der Waals surface area (Å²) in [5, 5.41) is 50.2. The third-order valence-electron chi connectivity index (χ3n) is 11.2. The molecule has 13 heteroatoms. The van der Waals surface area contributed by atoms with Gasteiger partial charge < -0.3 is 39.9 Å². The maximum Gasteiger partial charge on any atom is 0.472 e. The number of allylic oxidation sites excluding steroid dienone is 8. The summed E-state index contributed by atoms with van der Waals surface area (Å²) in [4.78, 5) is 23.2. The molecule has 6 atom stereocenters. The second kappa shape index (κ2) is 39.6. The molecule has 0 aromatic heterocycles. The molecule has 0 aliphatic heterocycles. The van der Waals surface area contributed by atoms with E-state index in [0.29, 0.717) is 13.0 Å². The van der Waals surface area contributed by atoms with E-state index in [9.17, 15) is 39.8 Å². The minimum Gasteiger partial charge on any atom is -0.457 e. The molecule has 0 amide bonds. The second-order valence-corrected chi connectivity index (χ2v) is 18.3. The predicted octanol–water partition coefficient (Wildman–Crippen LogP) is 10.4. The van der Waals surface area contributed by atoms with Gasteiger partial charge >= 0.3 is 13.8 Å². The Balaban J connectivity index is 2.38. The van der Waals surface area contributed by atoms with Crippen LogP contribution in [0.15, 0.2) is 48.6 Å². The van der Waals surface area contributed by atoms with Crippen LogP contribution in [0.25, 0.3) is 0 Å². The molecule has 1 fully saturated rings. The van der Waals surface area contributed by atoms with Crippen molar-refractivity contribution in [3.05, 3.63) is 48.6 Å². The van der Waals surface area contributed by atoms with E-state index in [-0.39, 0.29) is 13.0 Å². The Hall–Kier alpha value is -1.70. The monoisotopic (exact) mass is 901 g/mol. The molecule has 0 saturated heterocycles. The SMILES string of the molecule is CC/C=C\C/C=C\C/C=C\C/C=C\CCCCCCC(=O)OC(COCCCCCCCCCCCCCCCCCCCC)COP(=O)(O)OC1C(O)C(O)C(O)C(O)C1O. The van der Waals surface area contributed by atoms with E-state index in [1.54, 1.807) is 0 Å². The van der Waals surface area contributed by atoms with E-state index in [1.165, 1.54) is 96.3 Å². The Morgan fingerprint density at radius 2 is 0.952 bits per heavy atom. The third kappa shape index (κ3) is 31.2. The molecule has 0 spiro atoms. The number of aliphatic hydroxyl groups is 5. The Labute approximate surface area is 375 Å². The number of phosphoric ester groups is 1. The molecular weight excluding hydrogens is 812 g/mol. The van der Waals surface area contributed by atoms with Crippen LogP contribution < -0.4 is 0 Å². The number of carbonyl (C=O) groups excluding carboxylic acids is 1. The van der Waals surface area contributed by atoms with Gasteiger partial charge in [0, 0.05) is 13.0 Å². The molecule has 6 N–H and O–H groups in total. The van der Waals surface area contributed by atoms with Gasteiger partial charge in [-0.1, -0.05) is 184 Å². The predicted molar refractivity (Wildman–Crippen MR) is 249 cm³/mol. The first-order valence-corrected chi connectivity index (χ1v) is 26.0. The quantitative estimate of drug-likeness (QED) is 0.0147. The molecule has 0 heterocycles.